The number of esters is 1. The van der Waals surface area contributed by atoms with Crippen LogP contribution in [0.3, 0.4) is 0 Å². The van der Waals surface area contributed by atoms with Crippen LogP contribution in [-0.2, 0) is 40.1 Å². The van der Waals surface area contributed by atoms with Crippen molar-refractivity contribution in [1.82, 2.24) is 0 Å². The molecule has 2 aliphatic rings. The molecule has 7 heteroatoms. The number of fused-ring (bicyclic) bond motifs is 1. The molecule has 0 bridgehead atoms. The number of ether oxygens (including phenoxy) is 2. The molecule has 2 rings (SSSR count). The molecular formula is C19H31O6W+. The topological polar surface area (TPSA) is 96.4 Å². The van der Waals surface area contributed by atoms with Gasteiger partial charge < -0.3 is 19.7 Å². The summed E-state index contributed by atoms with van der Waals surface area (Å²) in [7, 11) is 0. The molecule has 2 fully saturated rings. The van der Waals surface area contributed by atoms with Crippen molar-refractivity contribution >= 4 is 11.8 Å². The summed E-state index contributed by atoms with van der Waals surface area (Å²) in [5, 5.41) is 20.7. The Morgan fingerprint density at radius 1 is 1.15 bits per heavy atom. The van der Waals surface area contributed by atoms with Crippen molar-refractivity contribution in [2.24, 2.45) is 11.3 Å². The third-order valence-electron chi connectivity index (χ3n) is 5.80. The van der Waals surface area contributed by atoms with Gasteiger partial charge >= 0.3 is 21.1 Å². The first kappa shape index (κ1) is 23.7. The van der Waals surface area contributed by atoms with E-state index in [1.54, 1.807) is 20.8 Å². The number of aliphatic hydroxyl groups is 2. The van der Waals surface area contributed by atoms with Crippen LogP contribution < -0.4 is 0 Å². The quantitative estimate of drug-likeness (QED) is 0.279. The minimum atomic E-state index is -1.16. The summed E-state index contributed by atoms with van der Waals surface area (Å²) in [5.41, 5.74) is -1.33. The van der Waals surface area contributed by atoms with Gasteiger partial charge in [0.05, 0.1) is 35.7 Å². The van der Waals surface area contributed by atoms with E-state index in [2.05, 4.69) is 0 Å². The number of Topliss-reactive ketones (excluding diaryl/α,β-unsaturated/α-hetero) is 1. The summed E-state index contributed by atoms with van der Waals surface area (Å²) in [4.78, 5) is 24.6. The van der Waals surface area contributed by atoms with Crippen molar-refractivity contribution in [3.8, 4) is 0 Å². The Morgan fingerprint density at radius 3 is 2.46 bits per heavy atom. The standard InChI is InChI=1S/C19H31O6.W/c1-12-13(20)7-5-6-9-19(4)15(25-19)8-10-24-16(22)11-14(21)18(2,3)17(12)23;/h10,12-15,20-21H,5-9,11H2,1-4H3;/q-1;+2. The summed E-state index contributed by atoms with van der Waals surface area (Å²) in [6.07, 6.45) is 1.50. The van der Waals surface area contributed by atoms with Gasteiger partial charge in [0.2, 0.25) is 0 Å². The van der Waals surface area contributed by atoms with Crippen molar-refractivity contribution in [2.75, 3.05) is 0 Å². The third kappa shape index (κ3) is 5.60. The van der Waals surface area contributed by atoms with Crippen LogP contribution in [-0.4, -0.2) is 45.9 Å². The van der Waals surface area contributed by atoms with Crippen molar-refractivity contribution in [3.63, 3.8) is 0 Å². The van der Waals surface area contributed by atoms with E-state index in [0.29, 0.717) is 12.8 Å². The number of epoxide rings is 1. The molecule has 2 aliphatic heterocycles. The molecule has 0 aliphatic carbocycles. The predicted octanol–water partition coefficient (Wildman–Crippen LogP) is 2.15. The van der Waals surface area contributed by atoms with E-state index in [-0.39, 0.29) is 45.0 Å². The second-order valence-electron chi connectivity index (χ2n) is 8.22. The van der Waals surface area contributed by atoms with E-state index >= 15 is 0 Å². The van der Waals surface area contributed by atoms with Crippen molar-refractivity contribution in [1.29, 1.82) is 0 Å². The second-order valence-corrected chi connectivity index (χ2v) is 8.22. The zero-order valence-corrected chi connectivity index (χ0v) is 19.0. The number of hydrogen-bond acceptors (Lipinski definition) is 6. The molecule has 2 saturated heterocycles. The van der Waals surface area contributed by atoms with Crippen LogP contribution in [0.2, 0.25) is 0 Å². The minimum Gasteiger partial charge on any atom is -0.637 e. The summed E-state index contributed by atoms with van der Waals surface area (Å²) in [5.74, 6) is -1.41. The molecule has 5 unspecified atom stereocenters. The molecule has 2 N–H and O–H groups in total. The number of ketones is 1. The number of rotatable bonds is 0. The van der Waals surface area contributed by atoms with Gasteiger partial charge in [0, 0.05) is 5.92 Å². The van der Waals surface area contributed by atoms with E-state index in [9.17, 15) is 19.8 Å². The fourth-order valence-electron chi connectivity index (χ4n) is 3.50. The van der Waals surface area contributed by atoms with Crippen molar-refractivity contribution in [2.45, 2.75) is 90.1 Å². The normalized spacial score (nSPS) is 39.3. The Kier molecular flexibility index (Phi) is 8.47. The molecule has 26 heavy (non-hydrogen) atoms. The Bertz CT molecular complexity index is 508. The molecule has 0 saturated carbocycles. The molecule has 148 valence electrons. The maximum absolute atomic E-state index is 12.7. The van der Waals surface area contributed by atoms with E-state index in [4.69, 9.17) is 9.47 Å². The van der Waals surface area contributed by atoms with Crippen LogP contribution in [0.5, 0.6) is 0 Å². The molecule has 6 nitrogen and oxygen atoms in total. The van der Waals surface area contributed by atoms with Gasteiger partial charge in [-0.15, -0.1) is 6.42 Å². The maximum atomic E-state index is 12.7. The molecular weight excluding hydrogens is 508 g/mol. The average molecular weight is 539 g/mol. The summed E-state index contributed by atoms with van der Waals surface area (Å²) in [6.45, 7) is 8.35. The zero-order chi connectivity index (χ0) is 18.8. The Balaban J connectivity index is 0.00000338. The third-order valence-corrected chi connectivity index (χ3v) is 5.80. The molecule has 0 aromatic carbocycles. The van der Waals surface area contributed by atoms with Crippen LogP contribution in [0.25, 0.3) is 0 Å². The molecule has 0 aromatic rings. The Hall–Kier alpha value is -0.292. The smallest absolute Gasteiger partial charge is 0.637 e. The van der Waals surface area contributed by atoms with E-state index in [1.165, 1.54) is 6.61 Å². The first-order valence-electron chi connectivity index (χ1n) is 9.17. The number of hydrogen-bond donors (Lipinski definition) is 2. The first-order chi connectivity index (χ1) is 11.6. The molecule has 0 aromatic heterocycles. The SMILES string of the molecule is CC1C(=O)C(C)(C)C(O)CC(=O)O[CH-]CC2OC2(C)CCCCC1O.[W+2]. The van der Waals surface area contributed by atoms with Gasteiger partial charge in [0.25, 0.3) is 5.97 Å². The Labute approximate surface area is 170 Å². The van der Waals surface area contributed by atoms with Gasteiger partial charge in [0.15, 0.2) is 0 Å². The van der Waals surface area contributed by atoms with Gasteiger partial charge in [-0.2, -0.15) is 6.61 Å². The van der Waals surface area contributed by atoms with Crippen LogP contribution in [0.4, 0.5) is 0 Å². The van der Waals surface area contributed by atoms with Gasteiger partial charge in [-0.1, -0.05) is 33.6 Å². The Morgan fingerprint density at radius 2 is 1.81 bits per heavy atom. The van der Waals surface area contributed by atoms with Crippen LogP contribution >= 0.6 is 0 Å². The van der Waals surface area contributed by atoms with Crippen molar-refractivity contribution < 1.29 is 50.3 Å². The van der Waals surface area contributed by atoms with Gasteiger partial charge in [-0.3, -0.25) is 9.59 Å². The zero-order valence-electron chi connectivity index (χ0n) is 16.1. The van der Waals surface area contributed by atoms with E-state index in [0.717, 1.165) is 19.3 Å². The summed E-state index contributed by atoms with van der Waals surface area (Å²) < 4.78 is 10.8. The minimum absolute atomic E-state index is 0. The monoisotopic (exact) mass is 539 g/mol. The second kappa shape index (κ2) is 9.27. The summed E-state index contributed by atoms with van der Waals surface area (Å²) >= 11 is 0. The number of carbonyl (C=O) groups excluding carboxylic acids is 2. The van der Waals surface area contributed by atoms with Crippen LogP contribution in [0, 0.1) is 17.9 Å². The van der Waals surface area contributed by atoms with E-state index < -0.39 is 29.5 Å². The van der Waals surface area contributed by atoms with Gasteiger partial charge in [-0.05, 0) is 19.8 Å². The number of aliphatic hydroxyl groups excluding tert-OH is 2. The predicted molar refractivity (Wildman–Crippen MR) is 91.3 cm³/mol. The molecule has 5 atom stereocenters. The first-order valence-corrected chi connectivity index (χ1v) is 9.17. The van der Waals surface area contributed by atoms with Gasteiger partial charge in [-0.25, -0.2) is 0 Å². The molecule has 0 spiro atoms. The maximum Gasteiger partial charge on any atom is 2.00 e. The largest absolute Gasteiger partial charge is 2.00 e. The van der Waals surface area contributed by atoms with E-state index in [1.807, 2.05) is 6.92 Å². The number of cyclic esters (lactones) is 1. The molecule has 0 amide bonds. The van der Waals surface area contributed by atoms with Crippen LogP contribution in [0.1, 0.15) is 66.2 Å². The van der Waals surface area contributed by atoms with Crippen LogP contribution in [0.15, 0.2) is 0 Å². The molecule has 0 radical (unpaired) electrons. The van der Waals surface area contributed by atoms with Gasteiger partial charge in [0.1, 0.15) is 5.78 Å². The average Bonchev–Trinajstić information content (AvgIpc) is 3.19. The number of carbonyl (C=O) groups is 2. The summed E-state index contributed by atoms with van der Waals surface area (Å²) in [6, 6.07) is 0. The fraction of sp³-hybridized carbons (Fsp3) is 0.842. The van der Waals surface area contributed by atoms with Crippen molar-refractivity contribution in [3.05, 3.63) is 6.61 Å². The fourth-order valence-corrected chi connectivity index (χ4v) is 3.50. The molecule has 2 heterocycles.